The second kappa shape index (κ2) is 5.97. The lowest BCUT2D eigenvalue weighted by molar-refractivity contribution is -0.244. The normalized spacial score (nSPS) is 41.0. The Morgan fingerprint density at radius 3 is 2.35 bits per heavy atom. The van der Waals surface area contributed by atoms with E-state index in [1.165, 1.54) is 0 Å². The van der Waals surface area contributed by atoms with Crippen molar-refractivity contribution in [2.45, 2.75) is 89.7 Å². The van der Waals surface area contributed by atoms with Crippen LogP contribution in [0.15, 0.2) is 0 Å². The Labute approximate surface area is 136 Å². The van der Waals surface area contributed by atoms with Crippen molar-refractivity contribution in [1.82, 2.24) is 0 Å². The van der Waals surface area contributed by atoms with Gasteiger partial charge in [0.1, 0.15) is 18.3 Å². The predicted octanol–water partition coefficient (Wildman–Crippen LogP) is 1.73. The third-order valence-corrected chi connectivity index (χ3v) is 4.15. The number of carbonyl (C=O) groups excluding carboxylic acids is 1. The molecule has 0 saturated carbocycles. The summed E-state index contributed by atoms with van der Waals surface area (Å²) in [5.41, 5.74) is 0. The van der Waals surface area contributed by atoms with Gasteiger partial charge in [-0.1, -0.05) is 6.92 Å². The molecule has 7 nitrogen and oxygen atoms in total. The van der Waals surface area contributed by atoms with Crippen LogP contribution in [0.3, 0.4) is 0 Å². The number of ether oxygens (including phenoxy) is 6. The molecule has 0 aromatic rings. The molecule has 0 unspecified atom stereocenters. The summed E-state index contributed by atoms with van der Waals surface area (Å²) in [7, 11) is 0. The zero-order valence-electron chi connectivity index (χ0n) is 14.4. The Morgan fingerprint density at radius 2 is 1.74 bits per heavy atom. The van der Waals surface area contributed by atoms with Gasteiger partial charge in [0.15, 0.2) is 17.7 Å². The van der Waals surface area contributed by atoms with Crippen molar-refractivity contribution in [3.63, 3.8) is 0 Å². The molecular weight excluding hydrogens is 304 g/mol. The van der Waals surface area contributed by atoms with Crippen LogP contribution in [0.4, 0.5) is 0 Å². The van der Waals surface area contributed by atoms with Crippen LogP contribution in [-0.4, -0.2) is 54.9 Å². The molecule has 3 heterocycles. The van der Waals surface area contributed by atoms with Crippen LogP contribution < -0.4 is 0 Å². The first-order chi connectivity index (χ1) is 10.7. The molecule has 0 aromatic carbocycles. The molecule has 0 aliphatic carbocycles. The molecule has 0 spiro atoms. The summed E-state index contributed by atoms with van der Waals surface area (Å²) in [6, 6.07) is 0. The van der Waals surface area contributed by atoms with Crippen LogP contribution in [0, 0.1) is 0 Å². The van der Waals surface area contributed by atoms with E-state index in [0.29, 0.717) is 13.0 Å². The summed E-state index contributed by atoms with van der Waals surface area (Å²) in [5, 5.41) is 0. The molecule has 3 aliphatic heterocycles. The maximum absolute atomic E-state index is 11.8. The third kappa shape index (κ3) is 3.53. The molecule has 7 heteroatoms. The molecular formula is C16H26O7. The molecule has 5 atom stereocenters. The zero-order valence-corrected chi connectivity index (χ0v) is 14.4. The van der Waals surface area contributed by atoms with Crippen LogP contribution in [-0.2, 0) is 33.2 Å². The molecule has 0 radical (unpaired) electrons. The highest BCUT2D eigenvalue weighted by Gasteiger charge is 2.60. The lowest BCUT2D eigenvalue weighted by Gasteiger charge is -2.26. The number of hydrogen-bond acceptors (Lipinski definition) is 7. The fourth-order valence-electron chi connectivity index (χ4n) is 3.26. The van der Waals surface area contributed by atoms with E-state index in [9.17, 15) is 4.79 Å². The van der Waals surface area contributed by atoms with Crippen molar-refractivity contribution < 1.29 is 33.2 Å². The van der Waals surface area contributed by atoms with Gasteiger partial charge < -0.3 is 28.4 Å². The van der Waals surface area contributed by atoms with Crippen LogP contribution in [0.25, 0.3) is 0 Å². The smallest absolute Gasteiger partial charge is 0.308 e. The van der Waals surface area contributed by atoms with E-state index < -0.39 is 30.1 Å². The highest BCUT2D eigenvalue weighted by molar-refractivity contribution is 5.69. The number of esters is 1. The Kier molecular flexibility index (Phi) is 4.44. The summed E-state index contributed by atoms with van der Waals surface area (Å²) in [6.07, 6.45) is -1.21. The number of hydrogen-bond donors (Lipinski definition) is 0. The highest BCUT2D eigenvalue weighted by Crippen LogP contribution is 2.42. The first-order valence-corrected chi connectivity index (χ1v) is 8.23. The molecule has 132 valence electrons. The van der Waals surface area contributed by atoms with E-state index in [4.69, 9.17) is 28.4 Å². The predicted molar refractivity (Wildman–Crippen MR) is 78.4 cm³/mol. The van der Waals surface area contributed by atoms with Crippen LogP contribution in [0.1, 0.15) is 47.5 Å². The van der Waals surface area contributed by atoms with Crippen LogP contribution in [0.2, 0.25) is 0 Å². The summed E-state index contributed by atoms with van der Waals surface area (Å²) in [6.45, 7) is 9.71. The van der Waals surface area contributed by atoms with E-state index in [1.54, 1.807) is 0 Å². The minimum absolute atomic E-state index is 0.287. The summed E-state index contributed by atoms with van der Waals surface area (Å²) < 4.78 is 34.7. The maximum Gasteiger partial charge on any atom is 0.308 e. The molecule has 3 aliphatic rings. The number of carbonyl (C=O) groups is 1. The van der Waals surface area contributed by atoms with Gasteiger partial charge in [0.25, 0.3) is 0 Å². The van der Waals surface area contributed by atoms with E-state index in [-0.39, 0.29) is 18.2 Å². The first-order valence-electron chi connectivity index (χ1n) is 8.23. The van der Waals surface area contributed by atoms with Crippen LogP contribution in [0.5, 0.6) is 0 Å². The van der Waals surface area contributed by atoms with E-state index in [1.807, 2.05) is 34.6 Å². The van der Waals surface area contributed by atoms with Gasteiger partial charge in [0.05, 0.1) is 6.61 Å². The summed E-state index contributed by atoms with van der Waals surface area (Å²) >= 11 is 0. The fourth-order valence-corrected chi connectivity index (χ4v) is 3.26. The van der Waals surface area contributed by atoms with Crippen molar-refractivity contribution in [3.8, 4) is 0 Å². The van der Waals surface area contributed by atoms with Crippen molar-refractivity contribution in [1.29, 1.82) is 0 Å². The Hall–Kier alpha value is -0.730. The minimum atomic E-state index is -0.780. The molecule has 23 heavy (non-hydrogen) atoms. The molecule has 0 aromatic heterocycles. The quantitative estimate of drug-likeness (QED) is 0.727. The molecule has 0 N–H and O–H groups in total. The van der Waals surface area contributed by atoms with Gasteiger partial charge in [0.2, 0.25) is 6.29 Å². The fraction of sp³-hybridized carbons (Fsp3) is 0.938. The van der Waals surface area contributed by atoms with Gasteiger partial charge in [-0.05, 0) is 34.1 Å². The Balaban J connectivity index is 1.73. The molecule has 3 saturated heterocycles. The Bertz CT molecular complexity index is 461. The van der Waals surface area contributed by atoms with Crippen LogP contribution >= 0.6 is 0 Å². The SMILES string of the molecule is CCCC(=O)O[C@H]1O[C@H]([C@H]2COC(C)(C)O2)[C@@H]2OC(C)(C)O[C@H]12. The van der Waals surface area contributed by atoms with Crippen molar-refractivity contribution in [2.24, 2.45) is 0 Å². The van der Waals surface area contributed by atoms with Gasteiger partial charge in [-0.2, -0.15) is 0 Å². The second-order valence-electron chi connectivity index (χ2n) is 7.14. The zero-order chi connectivity index (χ0) is 16.8. The lowest BCUT2D eigenvalue weighted by Crippen LogP contribution is -2.40. The van der Waals surface area contributed by atoms with E-state index in [2.05, 4.69) is 0 Å². The summed E-state index contributed by atoms with van der Waals surface area (Å²) in [4.78, 5) is 11.8. The first kappa shape index (κ1) is 17.1. The topological polar surface area (TPSA) is 72.5 Å². The Morgan fingerprint density at radius 1 is 1.04 bits per heavy atom. The van der Waals surface area contributed by atoms with Crippen molar-refractivity contribution in [3.05, 3.63) is 0 Å². The number of rotatable bonds is 4. The summed E-state index contributed by atoms with van der Waals surface area (Å²) in [5.74, 6) is -1.70. The van der Waals surface area contributed by atoms with Crippen molar-refractivity contribution >= 4 is 5.97 Å². The second-order valence-corrected chi connectivity index (χ2v) is 7.14. The minimum Gasteiger partial charge on any atom is -0.433 e. The van der Waals surface area contributed by atoms with Gasteiger partial charge in [-0.15, -0.1) is 0 Å². The average Bonchev–Trinajstić information content (AvgIpc) is 3.02. The number of fused-ring (bicyclic) bond motifs is 1. The molecule has 0 bridgehead atoms. The van der Waals surface area contributed by atoms with Gasteiger partial charge in [0, 0.05) is 6.42 Å². The monoisotopic (exact) mass is 330 g/mol. The third-order valence-electron chi connectivity index (χ3n) is 4.15. The standard InChI is InChI=1S/C16H26O7/c1-6-7-10(17)19-14-13-12(22-16(4,5)23-13)11(20-14)9-8-18-15(2,3)21-9/h9,11-14H,6-8H2,1-5H3/t9-,11-,12+,13+,14+/m1/s1. The largest absolute Gasteiger partial charge is 0.433 e. The van der Waals surface area contributed by atoms with Gasteiger partial charge >= 0.3 is 5.97 Å². The highest BCUT2D eigenvalue weighted by atomic mass is 16.8. The van der Waals surface area contributed by atoms with Gasteiger partial charge in [-0.25, -0.2) is 0 Å². The van der Waals surface area contributed by atoms with E-state index >= 15 is 0 Å². The molecule has 0 amide bonds. The average molecular weight is 330 g/mol. The van der Waals surface area contributed by atoms with Gasteiger partial charge in [-0.3, -0.25) is 4.79 Å². The van der Waals surface area contributed by atoms with E-state index in [0.717, 1.165) is 6.42 Å². The lowest BCUT2D eigenvalue weighted by atomic mass is 10.1. The molecule has 3 fully saturated rings. The van der Waals surface area contributed by atoms with Crippen molar-refractivity contribution in [2.75, 3.05) is 6.61 Å². The molecule has 3 rings (SSSR count). The maximum atomic E-state index is 11.8.